The number of aromatic nitrogens is 2. The van der Waals surface area contributed by atoms with E-state index in [1.165, 1.54) is 12.1 Å². The number of H-pyrrole nitrogens is 1. The maximum atomic E-state index is 12.1. The third-order valence-electron chi connectivity index (χ3n) is 3.35. The van der Waals surface area contributed by atoms with Crippen LogP contribution in [0.5, 0.6) is 0 Å². The number of rotatable bonds is 2. The minimum Gasteiger partial charge on any atom is -0.267 e. The van der Waals surface area contributed by atoms with Gasteiger partial charge in [-0.1, -0.05) is 29.3 Å². The molecule has 0 saturated heterocycles. The molecule has 0 spiro atoms. The highest BCUT2D eigenvalue weighted by atomic mass is 35.5. The fourth-order valence-electron chi connectivity index (χ4n) is 2.25. The molecule has 0 fully saturated rings. The summed E-state index contributed by atoms with van der Waals surface area (Å²) in [5.41, 5.74) is 1.87. The number of aromatic amines is 1. The predicted molar refractivity (Wildman–Crippen MR) is 85.0 cm³/mol. The Balaban J connectivity index is 2.34. The summed E-state index contributed by atoms with van der Waals surface area (Å²) in [6.07, 6.45) is 0. The Morgan fingerprint density at radius 3 is 2.41 bits per heavy atom. The first-order valence-electron chi connectivity index (χ1n) is 6.31. The number of nitrogens with zero attached hydrogens (tertiary/aromatic N) is 1. The Bertz CT molecular complexity index is 1030. The summed E-state index contributed by atoms with van der Waals surface area (Å²) in [5, 5.41) is 7.93. The van der Waals surface area contributed by atoms with Crippen LogP contribution in [0, 0.1) is 6.92 Å². The van der Waals surface area contributed by atoms with Crippen molar-refractivity contribution in [2.75, 3.05) is 0 Å². The molecule has 3 aromatic rings. The Hall–Kier alpha value is -2.09. The number of halogens is 1. The zero-order valence-corrected chi connectivity index (χ0v) is 13.1. The second-order valence-corrected chi connectivity index (χ2v) is 6.89. The van der Waals surface area contributed by atoms with E-state index in [2.05, 4.69) is 5.10 Å². The van der Waals surface area contributed by atoms with Crippen molar-refractivity contribution in [2.45, 2.75) is 11.8 Å². The van der Waals surface area contributed by atoms with Crippen LogP contribution in [-0.2, 0) is 10.0 Å². The van der Waals surface area contributed by atoms with Gasteiger partial charge < -0.3 is 0 Å². The molecule has 0 aliphatic rings. The topological polar surface area (TPSA) is 97.9 Å². The van der Waals surface area contributed by atoms with Crippen LogP contribution < -0.4 is 10.7 Å². The summed E-state index contributed by atoms with van der Waals surface area (Å²) in [5.74, 6) is 0. The van der Waals surface area contributed by atoms with Gasteiger partial charge in [-0.3, -0.25) is 14.6 Å². The predicted octanol–water partition coefficient (Wildman–Crippen LogP) is 1.93. The largest absolute Gasteiger partial charge is 0.272 e. The first kappa shape index (κ1) is 14.8. The zero-order chi connectivity index (χ0) is 16.1. The second-order valence-electron chi connectivity index (χ2n) is 4.96. The highest BCUT2D eigenvalue weighted by Gasteiger charge is 2.18. The Kier molecular flexibility index (Phi) is 3.36. The third-order valence-corrected chi connectivity index (χ3v) is 4.72. The fraction of sp³-hybridized carbons (Fsp3) is 0.0714. The van der Waals surface area contributed by atoms with Crippen molar-refractivity contribution in [3.05, 3.63) is 57.3 Å². The molecule has 0 aliphatic carbocycles. The van der Waals surface area contributed by atoms with Crippen molar-refractivity contribution in [1.82, 2.24) is 9.78 Å². The van der Waals surface area contributed by atoms with Crippen LogP contribution in [0.15, 0.2) is 46.1 Å². The lowest BCUT2D eigenvalue weighted by molar-refractivity contribution is 0.598. The van der Waals surface area contributed by atoms with E-state index < -0.39 is 15.6 Å². The maximum Gasteiger partial charge on any atom is 0.272 e. The van der Waals surface area contributed by atoms with E-state index in [1.807, 2.05) is 31.2 Å². The third kappa shape index (κ3) is 2.43. The molecule has 1 aromatic heterocycles. The summed E-state index contributed by atoms with van der Waals surface area (Å²) in [7, 11) is -4.00. The van der Waals surface area contributed by atoms with Crippen LogP contribution in [0.2, 0.25) is 5.02 Å². The lowest BCUT2D eigenvalue weighted by Gasteiger charge is -2.06. The highest BCUT2D eigenvalue weighted by molar-refractivity contribution is 7.89. The molecule has 2 aromatic carbocycles. The molecule has 0 radical (unpaired) electrons. The number of hydrogen-bond acceptors (Lipinski definition) is 3. The minimum atomic E-state index is -4.00. The number of benzene rings is 2. The number of nitrogens with one attached hydrogen (secondary N) is 1. The van der Waals surface area contributed by atoms with Gasteiger partial charge in [-0.25, -0.2) is 13.6 Å². The zero-order valence-electron chi connectivity index (χ0n) is 11.5. The van der Waals surface area contributed by atoms with Gasteiger partial charge in [0.05, 0.1) is 21.6 Å². The van der Waals surface area contributed by atoms with Crippen molar-refractivity contribution in [1.29, 1.82) is 0 Å². The quantitative estimate of drug-likeness (QED) is 0.747. The number of nitrogens with two attached hydrogens (primary N) is 1. The number of fused-ring (bicyclic) bond motifs is 1. The van der Waals surface area contributed by atoms with Crippen LogP contribution in [0.4, 0.5) is 0 Å². The van der Waals surface area contributed by atoms with Crippen molar-refractivity contribution < 1.29 is 8.42 Å². The summed E-state index contributed by atoms with van der Waals surface area (Å²) in [6.45, 7) is 1.95. The van der Waals surface area contributed by atoms with Gasteiger partial charge in [0.15, 0.2) is 0 Å². The SMILES string of the molecule is Cc1ccc(-n2[nH]c(=O)c3cc(S(N)(=O)=O)c(Cl)cc32)cc1. The summed E-state index contributed by atoms with van der Waals surface area (Å²) in [6, 6.07) is 10.1. The first-order chi connectivity index (χ1) is 10.3. The molecule has 0 aliphatic heterocycles. The van der Waals surface area contributed by atoms with Gasteiger partial charge in [-0.2, -0.15) is 0 Å². The van der Waals surface area contributed by atoms with Gasteiger partial charge in [-0.15, -0.1) is 0 Å². The molecule has 3 rings (SSSR count). The molecule has 0 amide bonds. The Morgan fingerprint density at radius 1 is 1.18 bits per heavy atom. The van der Waals surface area contributed by atoms with Crippen molar-refractivity contribution in [2.24, 2.45) is 5.14 Å². The lowest BCUT2D eigenvalue weighted by atomic mass is 10.2. The van der Waals surface area contributed by atoms with Crippen LogP contribution in [-0.4, -0.2) is 18.2 Å². The van der Waals surface area contributed by atoms with Crippen LogP contribution in [0.1, 0.15) is 5.56 Å². The van der Waals surface area contributed by atoms with E-state index in [1.54, 1.807) is 4.68 Å². The van der Waals surface area contributed by atoms with E-state index in [9.17, 15) is 13.2 Å². The van der Waals surface area contributed by atoms with Gasteiger partial charge in [0.2, 0.25) is 10.0 Å². The van der Waals surface area contributed by atoms with Gasteiger partial charge in [0.25, 0.3) is 5.56 Å². The molecule has 114 valence electrons. The summed E-state index contributed by atoms with van der Waals surface area (Å²) >= 11 is 5.99. The van der Waals surface area contributed by atoms with Crippen LogP contribution >= 0.6 is 11.6 Å². The van der Waals surface area contributed by atoms with Gasteiger partial charge in [-0.05, 0) is 31.2 Å². The fourth-order valence-corrected chi connectivity index (χ4v) is 3.34. The first-order valence-corrected chi connectivity index (χ1v) is 8.24. The molecule has 22 heavy (non-hydrogen) atoms. The van der Waals surface area contributed by atoms with Crippen LogP contribution in [0.25, 0.3) is 16.6 Å². The van der Waals surface area contributed by atoms with Crippen LogP contribution in [0.3, 0.4) is 0 Å². The molecular formula is C14H12ClN3O3S. The molecule has 1 heterocycles. The number of primary sulfonamides is 1. The van der Waals surface area contributed by atoms with Crippen molar-refractivity contribution in [3.63, 3.8) is 0 Å². The highest BCUT2D eigenvalue weighted by Crippen LogP contribution is 2.26. The Labute approximate surface area is 131 Å². The van der Waals surface area contributed by atoms with Crippen molar-refractivity contribution in [3.8, 4) is 5.69 Å². The monoisotopic (exact) mass is 337 g/mol. The van der Waals surface area contributed by atoms with Gasteiger partial charge in [0, 0.05) is 0 Å². The molecular weight excluding hydrogens is 326 g/mol. The van der Waals surface area contributed by atoms with E-state index in [-0.39, 0.29) is 15.3 Å². The average molecular weight is 338 g/mol. The van der Waals surface area contributed by atoms with E-state index in [0.717, 1.165) is 11.3 Å². The Morgan fingerprint density at radius 2 is 1.82 bits per heavy atom. The summed E-state index contributed by atoms with van der Waals surface area (Å²) < 4.78 is 24.5. The average Bonchev–Trinajstić information content (AvgIpc) is 2.74. The maximum absolute atomic E-state index is 12.1. The standard InChI is InChI=1S/C14H12ClN3O3S/c1-8-2-4-9(5-3-8)18-12-7-11(15)13(22(16,20)21)6-10(12)14(19)17-18/h2-7H,1H3,(H,17,19)(H2,16,20,21). The number of aryl methyl sites for hydroxylation is 1. The molecule has 6 nitrogen and oxygen atoms in total. The number of hydrogen-bond donors (Lipinski definition) is 2. The molecule has 0 atom stereocenters. The molecule has 3 N–H and O–H groups in total. The van der Waals surface area contributed by atoms with Crippen molar-refractivity contribution >= 4 is 32.5 Å². The second kappa shape index (κ2) is 4.98. The molecule has 0 saturated carbocycles. The number of sulfonamides is 1. The van der Waals surface area contributed by atoms with Gasteiger partial charge >= 0.3 is 0 Å². The lowest BCUT2D eigenvalue weighted by Crippen LogP contribution is -2.13. The van der Waals surface area contributed by atoms with Gasteiger partial charge in [0.1, 0.15) is 4.90 Å². The molecule has 8 heteroatoms. The van der Waals surface area contributed by atoms with E-state index in [0.29, 0.717) is 5.52 Å². The molecule has 0 bridgehead atoms. The summed E-state index contributed by atoms with van der Waals surface area (Å²) in [4.78, 5) is 11.8. The normalized spacial score (nSPS) is 12.0. The molecule has 0 unspecified atom stereocenters. The smallest absolute Gasteiger partial charge is 0.267 e. The van der Waals surface area contributed by atoms with E-state index in [4.69, 9.17) is 16.7 Å². The minimum absolute atomic E-state index is 0.0325. The van der Waals surface area contributed by atoms with E-state index >= 15 is 0 Å².